The number of fused-ring (bicyclic) bond motifs is 3. The highest BCUT2D eigenvalue weighted by Crippen LogP contribution is 2.46. The normalized spacial score (nSPS) is 17.4. The van der Waals surface area contributed by atoms with Crippen molar-refractivity contribution in [2.75, 3.05) is 17.2 Å². The van der Waals surface area contributed by atoms with Crippen molar-refractivity contribution in [3.63, 3.8) is 0 Å². The van der Waals surface area contributed by atoms with Crippen LogP contribution in [0.3, 0.4) is 0 Å². The Kier molecular flexibility index (Phi) is 6.23. The number of rotatable bonds is 5. The highest BCUT2D eigenvalue weighted by molar-refractivity contribution is 6.06. The second-order valence-corrected chi connectivity index (χ2v) is 11.0. The molecule has 0 bridgehead atoms. The Morgan fingerprint density at radius 1 is 1.11 bits per heavy atom. The number of anilines is 2. The number of nitrogens with one attached hydrogen (secondary N) is 2. The van der Waals surface area contributed by atoms with Gasteiger partial charge in [-0.3, -0.25) is 14.4 Å². The summed E-state index contributed by atoms with van der Waals surface area (Å²) < 4.78 is 0. The molecule has 1 unspecified atom stereocenters. The molecule has 1 aliphatic carbocycles. The maximum atomic E-state index is 13.2. The fraction of sp³-hybridized carbons (Fsp3) is 0.300. The van der Waals surface area contributed by atoms with Crippen LogP contribution in [0.15, 0.2) is 60.8 Å². The highest BCUT2D eigenvalue weighted by atomic mass is 16.2. The molecule has 2 heterocycles. The van der Waals surface area contributed by atoms with Gasteiger partial charge in [-0.15, -0.1) is 0 Å². The first-order valence-electron chi connectivity index (χ1n) is 12.6. The number of carbonyl (C=O) groups excluding carboxylic acids is 3. The van der Waals surface area contributed by atoms with Crippen molar-refractivity contribution < 1.29 is 14.4 Å². The van der Waals surface area contributed by atoms with Crippen molar-refractivity contribution in [2.24, 2.45) is 5.41 Å². The number of hydrogen-bond acceptors (Lipinski definition) is 5. The number of pyridine rings is 1. The van der Waals surface area contributed by atoms with Crippen LogP contribution >= 0.6 is 0 Å². The van der Waals surface area contributed by atoms with Crippen LogP contribution in [0.25, 0.3) is 0 Å². The maximum absolute atomic E-state index is 13.2. The first-order valence-corrected chi connectivity index (χ1v) is 12.6. The summed E-state index contributed by atoms with van der Waals surface area (Å²) in [5.74, 6) is 0.0380. The Bertz CT molecular complexity index is 1500. The van der Waals surface area contributed by atoms with E-state index < -0.39 is 10.8 Å². The second kappa shape index (κ2) is 9.42. The topological polar surface area (TPSA) is 115 Å². The third-order valence-corrected chi connectivity index (χ3v) is 7.23. The molecule has 1 spiro atoms. The van der Waals surface area contributed by atoms with Gasteiger partial charge in [0.15, 0.2) is 0 Å². The first kappa shape index (κ1) is 25.2. The number of amides is 3. The molecule has 0 saturated heterocycles. The van der Waals surface area contributed by atoms with E-state index in [1.165, 1.54) is 4.90 Å². The molecule has 192 valence electrons. The predicted molar refractivity (Wildman–Crippen MR) is 143 cm³/mol. The van der Waals surface area contributed by atoms with Gasteiger partial charge in [0.1, 0.15) is 12.4 Å². The van der Waals surface area contributed by atoms with Crippen molar-refractivity contribution in [1.82, 2.24) is 9.88 Å². The third kappa shape index (κ3) is 4.52. The minimum absolute atomic E-state index is 0.0537. The first-order chi connectivity index (χ1) is 18.1. The zero-order valence-electron chi connectivity index (χ0n) is 21.7. The van der Waals surface area contributed by atoms with Crippen molar-refractivity contribution in [1.29, 1.82) is 5.26 Å². The van der Waals surface area contributed by atoms with E-state index in [2.05, 4.69) is 21.7 Å². The molecule has 38 heavy (non-hydrogen) atoms. The quantitative estimate of drug-likeness (QED) is 0.543. The lowest BCUT2D eigenvalue weighted by atomic mass is 9.79. The fourth-order valence-electron chi connectivity index (χ4n) is 5.37. The van der Waals surface area contributed by atoms with Crippen LogP contribution in [0.1, 0.15) is 48.6 Å². The average molecular weight is 508 g/mol. The largest absolute Gasteiger partial charge is 0.329 e. The standard InChI is InChI=1S/C30H29N5O3/c1-29(2,3)28(38)35(17-21-8-5-4-7-20(21)16-31)18-25(36)33-23-11-10-19-14-30(15-22(19)13-23)24-9-6-12-32-26(24)34-27(30)37/h4-13H,14-15,17-18H2,1-3H3,(H,33,36)(H,32,34,37). The monoisotopic (exact) mass is 507 g/mol. The SMILES string of the molecule is CC(C)(C)C(=O)N(CC(=O)Nc1ccc2c(c1)CC1(C2)C(=O)Nc2ncccc21)Cc1ccccc1C#N. The summed E-state index contributed by atoms with van der Waals surface area (Å²) >= 11 is 0. The van der Waals surface area contributed by atoms with E-state index in [0.29, 0.717) is 35.5 Å². The van der Waals surface area contributed by atoms with Gasteiger partial charge in [0.2, 0.25) is 17.7 Å². The smallest absolute Gasteiger partial charge is 0.244 e. The number of benzene rings is 2. The molecule has 1 aromatic heterocycles. The van der Waals surface area contributed by atoms with Crippen LogP contribution in [-0.4, -0.2) is 34.2 Å². The van der Waals surface area contributed by atoms with Crippen molar-refractivity contribution in [3.8, 4) is 6.07 Å². The van der Waals surface area contributed by atoms with Gasteiger partial charge in [0.25, 0.3) is 0 Å². The van der Waals surface area contributed by atoms with Gasteiger partial charge in [0, 0.05) is 29.4 Å². The van der Waals surface area contributed by atoms with Gasteiger partial charge in [-0.05, 0) is 53.8 Å². The van der Waals surface area contributed by atoms with E-state index in [-0.39, 0.29) is 30.8 Å². The van der Waals surface area contributed by atoms with Crippen LogP contribution in [0.2, 0.25) is 0 Å². The Hall–Kier alpha value is -4.51. The molecule has 1 atom stereocenters. The molecular formula is C30H29N5O3. The van der Waals surface area contributed by atoms with Crippen LogP contribution < -0.4 is 10.6 Å². The van der Waals surface area contributed by atoms with E-state index >= 15 is 0 Å². The van der Waals surface area contributed by atoms with Gasteiger partial charge in [0.05, 0.1) is 17.0 Å². The molecule has 2 aromatic carbocycles. The second-order valence-electron chi connectivity index (χ2n) is 11.0. The molecule has 8 nitrogen and oxygen atoms in total. The Balaban J connectivity index is 1.33. The summed E-state index contributed by atoms with van der Waals surface area (Å²) in [6.45, 7) is 5.42. The zero-order chi connectivity index (χ0) is 27.1. The molecule has 0 saturated carbocycles. The summed E-state index contributed by atoms with van der Waals surface area (Å²) in [6.07, 6.45) is 2.77. The Morgan fingerprint density at radius 2 is 1.87 bits per heavy atom. The molecule has 0 fully saturated rings. The molecule has 3 amide bonds. The van der Waals surface area contributed by atoms with Gasteiger partial charge in [-0.25, -0.2) is 4.98 Å². The lowest BCUT2D eigenvalue weighted by molar-refractivity contribution is -0.142. The molecule has 0 radical (unpaired) electrons. The Morgan fingerprint density at radius 3 is 2.63 bits per heavy atom. The molecule has 3 aromatic rings. The number of nitriles is 1. The average Bonchev–Trinajstić information content (AvgIpc) is 3.40. The zero-order valence-corrected chi connectivity index (χ0v) is 21.7. The summed E-state index contributed by atoms with van der Waals surface area (Å²) in [5, 5.41) is 15.3. The van der Waals surface area contributed by atoms with E-state index in [4.69, 9.17) is 0 Å². The number of carbonyl (C=O) groups is 3. The molecule has 8 heteroatoms. The van der Waals surface area contributed by atoms with Gasteiger partial charge >= 0.3 is 0 Å². The van der Waals surface area contributed by atoms with Crippen molar-refractivity contribution in [2.45, 2.75) is 45.6 Å². The summed E-state index contributed by atoms with van der Waals surface area (Å²) in [6, 6.07) is 18.7. The van der Waals surface area contributed by atoms with Crippen molar-refractivity contribution in [3.05, 3.63) is 88.6 Å². The van der Waals surface area contributed by atoms with Crippen LogP contribution in [0, 0.1) is 16.7 Å². The number of aromatic nitrogens is 1. The molecule has 1 aliphatic heterocycles. The number of nitrogens with zero attached hydrogens (tertiary/aromatic N) is 3. The Labute approximate surface area is 221 Å². The summed E-state index contributed by atoms with van der Waals surface area (Å²) in [5.41, 5.74) is 3.35. The summed E-state index contributed by atoms with van der Waals surface area (Å²) in [7, 11) is 0. The lowest BCUT2D eigenvalue weighted by Gasteiger charge is -2.29. The third-order valence-electron chi connectivity index (χ3n) is 7.23. The maximum Gasteiger partial charge on any atom is 0.244 e. The molecule has 5 rings (SSSR count). The van der Waals surface area contributed by atoms with Crippen LogP contribution in [0.5, 0.6) is 0 Å². The fourth-order valence-corrected chi connectivity index (χ4v) is 5.37. The molecular weight excluding hydrogens is 478 g/mol. The van der Waals surface area contributed by atoms with E-state index in [1.807, 2.05) is 36.4 Å². The van der Waals surface area contributed by atoms with E-state index in [1.54, 1.807) is 45.2 Å². The van der Waals surface area contributed by atoms with Gasteiger partial charge in [-0.2, -0.15) is 5.26 Å². The lowest BCUT2D eigenvalue weighted by Crippen LogP contribution is -2.43. The molecule has 2 aliphatic rings. The minimum atomic E-state index is -0.698. The highest BCUT2D eigenvalue weighted by Gasteiger charge is 2.51. The van der Waals surface area contributed by atoms with E-state index in [0.717, 1.165) is 16.7 Å². The van der Waals surface area contributed by atoms with E-state index in [9.17, 15) is 19.6 Å². The van der Waals surface area contributed by atoms with Crippen LogP contribution in [-0.2, 0) is 39.2 Å². The van der Waals surface area contributed by atoms with Crippen LogP contribution in [0.4, 0.5) is 11.5 Å². The molecule has 2 N–H and O–H groups in total. The van der Waals surface area contributed by atoms with Crippen molar-refractivity contribution >= 4 is 29.2 Å². The number of hydrogen-bond donors (Lipinski definition) is 2. The van der Waals surface area contributed by atoms with Gasteiger partial charge in [-0.1, -0.05) is 51.1 Å². The summed E-state index contributed by atoms with van der Waals surface area (Å²) in [4.78, 5) is 45.1. The predicted octanol–water partition coefficient (Wildman–Crippen LogP) is 3.96. The van der Waals surface area contributed by atoms with Gasteiger partial charge < -0.3 is 15.5 Å². The minimum Gasteiger partial charge on any atom is -0.329 e.